The molecule has 0 spiro atoms. The average molecular weight is 508 g/mol. The number of benzene rings is 2. The zero-order valence-corrected chi connectivity index (χ0v) is 20.0. The number of nitrogens with zero attached hydrogens (tertiary/aromatic N) is 3. The van der Waals surface area contributed by atoms with Crippen molar-refractivity contribution in [3.05, 3.63) is 87.6 Å². The molecule has 2 aromatic carbocycles. The van der Waals surface area contributed by atoms with E-state index in [9.17, 15) is 0 Å². The Morgan fingerprint density at radius 2 is 1.81 bits per heavy atom. The third kappa shape index (κ3) is 4.41. The number of methoxy groups -OCH3 is 1. The van der Waals surface area contributed by atoms with Crippen molar-refractivity contribution in [1.29, 1.82) is 0 Å². The van der Waals surface area contributed by atoms with Crippen molar-refractivity contribution in [2.45, 2.75) is 19.6 Å². The Morgan fingerprint density at radius 3 is 2.59 bits per heavy atom. The van der Waals surface area contributed by atoms with Gasteiger partial charge in [0.25, 0.3) is 0 Å². The van der Waals surface area contributed by atoms with Crippen LogP contribution >= 0.6 is 27.3 Å². The van der Waals surface area contributed by atoms with Crippen LogP contribution in [0.2, 0.25) is 0 Å². The van der Waals surface area contributed by atoms with E-state index < -0.39 is 0 Å². The summed E-state index contributed by atoms with van der Waals surface area (Å²) < 4.78 is 15.8. The summed E-state index contributed by atoms with van der Waals surface area (Å²) in [5.74, 6) is 1.86. The Kier molecular flexibility index (Phi) is 6.21. The van der Waals surface area contributed by atoms with Crippen LogP contribution in [0.15, 0.2) is 70.6 Å². The van der Waals surface area contributed by atoms with Crippen LogP contribution in [0.5, 0.6) is 5.75 Å². The first-order chi connectivity index (χ1) is 15.7. The van der Waals surface area contributed by atoms with E-state index in [1.54, 1.807) is 18.4 Å². The molecule has 5 rings (SSSR count). The molecule has 0 aliphatic heterocycles. The lowest BCUT2D eigenvalue weighted by Gasteiger charge is -2.11. The molecule has 0 bridgehead atoms. The SMILES string of the molecule is COc1ccc(Cn2c(CCOCc3ccccc3)nc3cnc4cc(Br)sc4c32)cc1. The lowest BCUT2D eigenvalue weighted by molar-refractivity contribution is 0.122. The van der Waals surface area contributed by atoms with E-state index in [1.165, 1.54) is 11.1 Å². The maximum absolute atomic E-state index is 5.96. The summed E-state index contributed by atoms with van der Waals surface area (Å²) in [6.07, 6.45) is 2.60. The van der Waals surface area contributed by atoms with E-state index in [2.05, 4.69) is 55.8 Å². The van der Waals surface area contributed by atoms with Gasteiger partial charge in [0.2, 0.25) is 0 Å². The Balaban J connectivity index is 1.46. The first-order valence-corrected chi connectivity index (χ1v) is 12.0. The Bertz CT molecular complexity index is 1350. The summed E-state index contributed by atoms with van der Waals surface area (Å²) in [6.45, 7) is 1.93. The molecule has 0 aliphatic rings. The molecule has 0 aliphatic carbocycles. The second kappa shape index (κ2) is 9.40. The minimum Gasteiger partial charge on any atom is -0.497 e. The van der Waals surface area contributed by atoms with Gasteiger partial charge in [-0.2, -0.15) is 0 Å². The van der Waals surface area contributed by atoms with Crippen molar-refractivity contribution < 1.29 is 9.47 Å². The number of thiophene rings is 1. The fourth-order valence-corrected chi connectivity index (χ4v) is 5.40. The summed E-state index contributed by atoms with van der Waals surface area (Å²) in [5, 5.41) is 0. The van der Waals surface area contributed by atoms with Crippen LogP contribution in [0.3, 0.4) is 0 Å². The minimum atomic E-state index is 0.600. The summed E-state index contributed by atoms with van der Waals surface area (Å²) >= 11 is 5.31. The molecule has 0 radical (unpaired) electrons. The van der Waals surface area contributed by atoms with Gasteiger partial charge < -0.3 is 14.0 Å². The second-order valence-electron chi connectivity index (χ2n) is 7.51. The molecule has 0 unspecified atom stereocenters. The predicted octanol–water partition coefficient (Wildman–Crippen LogP) is 6.22. The molecule has 32 heavy (non-hydrogen) atoms. The average Bonchev–Trinajstić information content (AvgIpc) is 3.37. The Hall–Kier alpha value is -2.74. The van der Waals surface area contributed by atoms with Gasteiger partial charge in [0, 0.05) is 13.0 Å². The van der Waals surface area contributed by atoms with Crippen LogP contribution in [-0.4, -0.2) is 28.3 Å². The summed E-state index contributed by atoms with van der Waals surface area (Å²) in [7, 11) is 1.68. The monoisotopic (exact) mass is 507 g/mol. The van der Waals surface area contributed by atoms with Crippen LogP contribution in [-0.2, 0) is 24.3 Å². The molecule has 0 amide bonds. The van der Waals surface area contributed by atoms with Gasteiger partial charge in [-0.05, 0) is 45.3 Å². The van der Waals surface area contributed by atoms with Crippen molar-refractivity contribution in [3.8, 4) is 5.75 Å². The van der Waals surface area contributed by atoms with E-state index in [4.69, 9.17) is 14.5 Å². The normalized spacial score (nSPS) is 11.4. The molecule has 5 nitrogen and oxygen atoms in total. The number of rotatable bonds is 8. The van der Waals surface area contributed by atoms with E-state index in [0.29, 0.717) is 13.2 Å². The van der Waals surface area contributed by atoms with Crippen LogP contribution in [0, 0.1) is 0 Å². The van der Waals surface area contributed by atoms with Crippen molar-refractivity contribution in [2.24, 2.45) is 0 Å². The Morgan fingerprint density at radius 1 is 1.00 bits per heavy atom. The lowest BCUT2D eigenvalue weighted by Crippen LogP contribution is -2.09. The summed E-state index contributed by atoms with van der Waals surface area (Å²) in [6, 6.07) is 20.5. The number of fused-ring (bicyclic) bond motifs is 3. The van der Waals surface area contributed by atoms with Crippen LogP contribution in [0.4, 0.5) is 0 Å². The van der Waals surface area contributed by atoms with E-state index in [0.717, 1.165) is 49.6 Å². The van der Waals surface area contributed by atoms with Crippen molar-refractivity contribution in [3.63, 3.8) is 0 Å². The highest BCUT2D eigenvalue weighted by Gasteiger charge is 2.16. The van der Waals surface area contributed by atoms with Gasteiger partial charge in [0.05, 0.1) is 46.0 Å². The van der Waals surface area contributed by atoms with Gasteiger partial charge in [-0.1, -0.05) is 42.5 Å². The third-order valence-electron chi connectivity index (χ3n) is 5.38. The van der Waals surface area contributed by atoms with Crippen molar-refractivity contribution >= 4 is 48.5 Å². The molecule has 162 valence electrons. The molecule has 7 heteroatoms. The van der Waals surface area contributed by atoms with Crippen LogP contribution < -0.4 is 4.74 Å². The number of imidazole rings is 1. The summed E-state index contributed by atoms with van der Waals surface area (Å²) in [5.41, 5.74) is 5.39. The molecule has 0 saturated heterocycles. The number of hydrogen-bond donors (Lipinski definition) is 0. The predicted molar refractivity (Wildman–Crippen MR) is 133 cm³/mol. The van der Waals surface area contributed by atoms with Crippen LogP contribution in [0.1, 0.15) is 17.0 Å². The molecule has 5 aromatic rings. The summed E-state index contributed by atoms with van der Waals surface area (Å²) in [4.78, 5) is 9.54. The molecule has 0 atom stereocenters. The number of pyridine rings is 1. The van der Waals surface area contributed by atoms with Gasteiger partial charge in [0.15, 0.2) is 0 Å². The first-order valence-electron chi connectivity index (χ1n) is 10.4. The Labute approximate surface area is 198 Å². The van der Waals surface area contributed by atoms with Gasteiger partial charge in [-0.3, -0.25) is 4.98 Å². The third-order valence-corrected chi connectivity index (χ3v) is 7.01. The zero-order chi connectivity index (χ0) is 21.9. The fourth-order valence-electron chi connectivity index (χ4n) is 3.80. The zero-order valence-electron chi connectivity index (χ0n) is 17.6. The smallest absolute Gasteiger partial charge is 0.118 e. The quantitative estimate of drug-likeness (QED) is 0.234. The second-order valence-corrected chi connectivity index (χ2v) is 9.94. The molecule has 0 N–H and O–H groups in total. The lowest BCUT2D eigenvalue weighted by atomic mass is 10.2. The molecule has 0 fully saturated rings. The van der Waals surface area contributed by atoms with E-state index in [-0.39, 0.29) is 0 Å². The largest absolute Gasteiger partial charge is 0.497 e. The number of halogens is 1. The maximum Gasteiger partial charge on any atom is 0.118 e. The number of hydrogen-bond acceptors (Lipinski definition) is 5. The maximum atomic E-state index is 5.96. The van der Waals surface area contributed by atoms with Gasteiger partial charge in [-0.15, -0.1) is 11.3 Å². The van der Waals surface area contributed by atoms with Gasteiger partial charge >= 0.3 is 0 Å². The number of ether oxygens (including phenoxy) is 2. The highest BCUT2D eigenvalue weighted by molar-refractivity contribution is 9.11. The van der Waals surface area contributed by atoms with Crippen LogP contribution in [0.25, 0.3) is 21.3 Å². The number of aromatic nitrogens is 3. The highest BCUT2D eigenvalue weighted by Crippen LogP contribution is 2.34. The van der Waals surface area contributed by atoms with Crippen molar-refractivity contribution in [2.75, 3.05) is 13.7 Å². The van der Waals surface area contributed by atoms with Crippen molar-refractivity contribution in [1.82, 2.24) is 14.5 Å². The van der Waals surface area contributed by atoms with E-state index in [1.807, 2.05) is 36.5 Å². The standard InChI is InChI=1S/C25H22BrN3O2S/c1-30-19-9-7-17(8-10-19)15-29-23(11-12-31-16-18-5-3-2-4-6-18)28-21-14-27-20-13-22(26)32-25(20)24(21)29/h2-10,13-14H,11-12,15-16H2,1H3. The molecule has 3 heterocycles. The minimum absolute atomic E-state index is 0.600. The fraction of sp³-hybridized carbons (Fsp3) is 0.200. The van der Waals surface area contributed by atoms with Gasteiger partial charge in [0.1, 0.15) is 17.1 Å². The molecule has 0 saturated carbocycles. The first kappa shape index (κ1) is 21.1. The molecular weight excluding hydrogens is 486 g/mol. The molecule has 3 aromatic heterocycles. The van der Waals surface area contributed by atoms with Gasteiger partial charge in [-0.25, -0.2) is 4.98 Å². The highest BCUT2D eigenvalue weighted by atomic mass is 79.9. The topological polar surface area (TPSA) is 49.2 Å². The van der Waals surface area contributed by atoms with E-state index >= 15 is 0 Å². The molecular formula is C25H22BrN3O2S.